The molecule has 0 fully saturated rings. The second kappa shape index (κ2) is 7.48. The molecule has 1 amide bonds. The highest BCUT2D eigenvalue weighted by atomic mass is 32.2. The van der Waals surface area contributed by atoms with Crippen LogP contribution < -0.4 is 10.9 Å². The van der Waals surface area contributed by atoms with E-state index in [2.05, 4.69) is 15.5 Å². The molecule has 7 nitrogen and oxygen atoms in total. The van der Waals surface area contributed by atoms with Crippen molar-refractivity contribution in [1.29, 1.82) is 0 Å². The average Bonchev–Trinajstić information content (AvgIpc) is 3.14. The quantitative estimate of drug-likeness (QED) is 0.500. The van der Waals surface area contributed by atoms with Gasteiger partial charge in [0.15, 0.2) is 5.16 Å². The van der Waals surface area contributed by atoms with E-state index in [4.69, 9.17) is 0 Å². The number of halogens is 3. The predicted octanol–water partition coefficient (Wildman–Crippen LogP) is 3.33. The lowest BCUT2D eigenvalue weighted by atomic mass is 10.1. The molecule has 0 aliphatic carbocycles. The smallest absolute Gasteiger partial charge is 0.325 e. The number of rotatable bonds is 4. The van der Waals surface area contributed by atoms with Crippen LogP contribution in [-0.2, 0) is 18.0 Å². The summed E-state index contributed by atoms with van der Waals surface area (Å²) in [4.78, 5) is 24.7. The van der Waals surface area contributed by atoms with Crippen molar-refractivity contribution in [3.8, 4) is 0 Å². The number of carbonyl (C=O) groups excluding carboxylic acids is 1. The summed E-state index contributed by atoms with van der Waals surface area (Å²) in [6.07, 6.45) is -4.58. The van der Waals surface area contributed by atoms with E-state index in [-0.39, 0.29) is 17.0 Å². The fraction of sp³-hybridized carbons (Fsp3) is 0.158. The number of thioether (sulfide) groups is 1. The third-order valence-corrected chi connectivity index (χ3v) is 5.36. The van der Waals surface area contributed by atoms with Crippen LogP contribution in [0.5, 0.6) is 0 Å². The molecule has 2 aromatic heterocycles. The molecule has 2 heterocycles. The van der Waals surface area contributed by atoms with Gasteiger partial charge in [-0.3, -0.25) is 18.6 Å². The molecule has 1 N–H and O–H groups in total. The zero-order valence-corrected chi connectivity index (χ0v) is 16.3. The number of hydrogen-bond donors (Lipinski definition) is 1. The Morgan fingerprint density at radius 3 is 2.57 bits per heavy atom. The van der Waals surface area contributed by atoms with Crippen LogP contribution in [-0.4, -0.2) is 30.8 Å². The number of amides is 1. The first-order chi connectivity index (χ1) is 14.3. The molecule has 0 saturated heterocycles. The Labute approximate surface area is 171 Å². The molecule has 0 atom stereocenters. The first kappa shape index (κ1) is 20.0. The Balaban J connectivity index is 1.61. The molecule has 0 saturated carbocycles. The molecule has 0 bridgehead atoms. The molecule has 2 aromatic carbocycles. The molecule has 154 valence electrons. The normalized spacial score (nSPS) is 11.9. The molecular weight excluding hydrogens is 419 g/mol. The number of alkyl halides is 3. The second-order valence-electron chi connectivity index (χ2n) is 6.38. The molecule has 0 radical (unpaired) electrons. The van der Waals surface area contributed by atoms with Gasteiger partial charge in [-0.25, -0.2) is 0 Å². The SMILES string of the molecule is Cn1c(=O)c2ccccc2n2c(SCC(=O)Nc3ccccc3C(F)(F)F)nnc12. The number of aryl methyl sites for hydroxylation is 1. The van der Waals surface area contributed by atoms with E-state index < -0.39 is 17.6 Å². The average molecular weight is 433 g/mol. The Bertz CT molecular complexity index is 1330. The van der Waals surface area contributed by atoms with Crippen LogP contribution >= 0.6 is 11.8 Å². The lowest BCUT2D eigenvalue weighted by molar-refractivity contribution is -0.137. The fourth-order valence-corrected chi connectivity index (χ4v) is 3.80. The van der Waals surface area contributed by atoms with Crippen LogP contribution in [0.4, 0.5) is 18.9 Å². The van der Waals surface area contributed by atoms with E-state index in [1.54, 1.807) is 35.7 Å². The van der Waals surface area contributed by atoms with Crippen LogP contribution in [0.25, 0.3) is 16.7 Å². The highest BCUT2D eigenvalue weighted by Gasteiger charge is 2.33. The molecule has 0 aliphatic rings. The maximum Gasteiger partial charge on any atom is 0.418 e. The van der Waals surface area contributed by atoms with Crippen molar-refractivity contribution in [3.63, 3.8) is 0 Å². The molecule has 0 aliphatic heterocycles. The molecule has 30 heavy (non-hydrogen) atoms. The third-order valence-electron chi connectivity index (χ3n) is 4.44. The Morgan fingerprint density at radius 2 is 1.80 bits per heavy atom. The lowest BCUT2D eigenvalue weighted by Crippen LogP contribution is -2.20. The summed E-state index contributed by atoms with van der Waals surface area (Å²) in [5, 5.41) is 11.1. The molecule has 0 spiro atoms. The van der Waals surface area contributed by atoms with Crippen molar-refractivity contribution in [2.45, 2.75) is 11.3 Å². The first-order valence-corrected chi connectivity index (χ1v) is 9.67. The Morgan fingerprint density at radius 1 is 1.10 bits per heavy atom. The van der Waals surface area contributed by atoms with E-state index in [1.807, 2.05) is 0 Å². The third kappa shape index (κ3) is 3.52. The van der Waals surface area contributed by atoms with Crippen molar-refractivity contribution in [2.24, 2.45) is 7.05 Å². The van der Waals surface area contributed by atoms with Gasteiger partial charge in [0.05, 0.1) is 27.9 Å². The summed E-state index contributed by atoms with van der Waals surface area (Å²) in [7, 11) is 1.56. The molecule has 0 unspecified atom stereocenters. The number of carbonyl (C=O) groups is 1. The largest absolute Gasteiger partial charge is 0.418 e. The summed E-state index contributed by atoms with van der Waals surface area (Å²) < 4.78 is 42.3. The van der Waals surface area contributed by atoms with Crippen molar-refractivity contribution in [2.75, 3.05) is 11.1 Å². The topological polar surface area (TPSA) is 81.3 Å². The van der Waals surface area contributed by atoms with Crippen LogP contribution in [0.3, 0.4) is 0 Å². The van der Waals surface area contributed by atoms with Gasteiger partial charge in [0.1, 0.15) is 0 Å². The summed E-state index contributed by atoms with van der Waals surface area (Å²) in [6, 6.07) is 11.7. The predicted molar refractivity (Wildman–Crippen MR) is 107 cm³/mol. The van der Waals surface area contributed by atoms with E-state index in [9.17, 15) is 22.8 Å². The minimum atomic E-state index is -4.58. The van der Waals surface area contributed by atoms with Gasteiger partial charge in [0, 0.05) is 7.05 Å². The lowest BCUT2D eigenvalue weighted by Gasteiger charge is -2.13. The zero-order valence-electron chi connectivity index (χ0n) is 15.5. The van der Waals surface area contributed by atoms with Gasteiger partial charge in [-0.05, 0) is 24.3 Å². The Hall–Kier alpha value is -3.34. The van der Waals surface area contributed by atoms with Crippen molar-refractivity contribution >= 4 is 40.0 Å². The summed E-state index contributed by atoms with van der Waals surface area (Å²) in [5.41, 5.74) is -0.888. The van der Waals surface area contributed by atoms with Gasteiger partial charge in [0.25, 0.3) is 5.56 Å². The number of benzene rings is 2. The van der Waals surface area contributed by atoms with E-state index in [1.165, 1.54) is 22.8 Å². The maximum atomic E-state index is 13.1. The highest BCUT2D eigenvalue weighted by molar-refractivity contribution is 7.99. The van der Waals surface area contributed by atoms with Crippen molar-refractivity contribution < 1.29 is 18.0 Å². The van der Waals surface area contributed by atoms with Crippen LogP contribution in [0.1, 0.15) is 5.56 Å². The monoisotopic (exact) mass is 433 g/mol. The van der Waals surface area contributed by atoms with Gasteiger partial charge in [-0.2, -0.15) is 13.2 Å². The minimum absolute atomic E-state index is 0.190. The van der Waals surface area contributed by atoms with Gasteiger partial charge >= 0.3 is 6.18 Å². The van der Waals surface area contributed by atoms with Crippen LogP contribution in [0.2, 0.25) is 0 Å². The highest BCUT2D eigenvalue weighted by Crippen LogP contribution is 2.34. The number of para-hydroxylation sites is 2. The number of anilines is 1. The van der Waals surface area contributed by atoms with Crippen molar-refractivity contribution in [1.82, 2.24) is 19.2 Å². The van der Waals surface area contributed by atoms with Crippen LogP contribution in [0.15, 0.2) is 58.5 Å². The van der Waals surface area contributed by atoms with E-state index in [0.717, 1.165) is 17.8 Å². The minimum Gasteiger partial charge on any atom is -0.325 e. The van der Waals surface area contributed by atoms with Crippen molar-refractivity contribution in [3.05, 3.63) is 64.4 Å². The Kier molecular flexibility index (Phi) is 4.98. The summed E-state index contributed by atoms with van der Waals surface area (Å²) in [5.74, 6) is -0.518. The summed E-state index contributed by atoms with van der Waals surface area (Å²) in [6.45, 7) is 0. The standard InChI is InChI=1S/C19H14F3N5O2S/c1-26-16(29)11-6-2-5-9-14(11)27-17(26)24-25-18(27)30-10-15(28)23-13-8-4-3-7-12(13)19(20,21)22/h2-9H,10H2,1H3,(H,23,28). The second-order valence-corrected chi connectivity index (χ2v) is 7.32. The van der Waals surface area contributed by atoms with Gasteiger partial charge in [-0.1, -0.05) is 36.0 Å². The molecule has 4 aromatic rings. The molecule has 4 rings (SSSR count). The number of nitrogens with one attached hydrogen (secondary N) is 1. The number of aromatic nitrogens is 4. The fourth-order valence-electron chi connectivity index (χ4n) is 3.06. The van der Waals surface area contributed by atoms with Gasteiger partial charge < -0.3 is 5.32 Å². The summed E-state index contributed by atoms with van der Waals surface area (Å²) >= 11 is 1.01. The molecule has 11 heteroatoms. The number of nitrogens with zero attached hydrogens (tertiary/aromatic N) is 4. The first-order valence-electron chi connectivity index (χ1n) is 8.69. The number of fused-ring (bicyclic) bond motifs is 3. The van der Waals surface area contributed by atoms with Crippen LogP contribution in [0, 0.1) is 0 Å². The van der Waals surface area contributed by atoms with E-state index >= 15 is 0 Å². The van der Waals surface area contributed by atoms with E-state index in [0.29, 0.717) is 21.8 Å². The number of hydrogen-bond acceptors (Lipinski definition) is 5. The van der Waals surface area contributed by atoms with Gasteiger partial charge in [0.2, 0.25) is 11.7 Å². The zero-order chi connectivity index (χ0) is 21.5. The maximum absolute atomic E-state index is 13.1. The molecular formula is C19H14F3N5O2S. The van der Waals surface area contributed by atoms with Gasteiger partial charge in [-0.15, -0.1) is 10.2 Å².